The zero-order chi connectivity index (χ0) is 25.0. The maximum atomic E-state index is 13.5. The number of carbonyl (C=O) groups excluding carboxylic acids is 1. The molecule has 0 bridgehead atoms. The van der Waals surface area contributed by atoms with Gasteiger partial charge in [0, 0.05) is 38.7 Å². The first-order valence-corrected chi connectivity index (χ1v) is 14.7. The van der Waals surface area contributed by atoms with Crippen LogP contribution in [-0.2, 0) is 42.9 Å². The SMILES string of the molecule is O=C(C1CC1)N(CCN1CCOCC1)Cc1cnc(S(=O)(=O)Cc2ccccc2)n1C[C@H]1CCCO1. The van der Waals surface area contributed by atoms with Gasteiger partial charge in [-0.05, 0) is 31.2 Å². The zero-order valence-corrected chi connectivity index (χ0v) is 21.6. The molecule has 3 fully saturated rings. The molecule has 0 spiro atoms. The van der Waals surface area contributed by atoms with Crippen molar-refractivity contribution in [2.45, 2.75) is 55.8 Å². The molecular formula is C26H36N4O5S. The van der Waals surface area contributed by atoms with Crippen LogP contribution in [0.25, 0.3) is 0 Å². The zero-order valence-electron chi connectivity index (χ0n) is 20.8. The highest BCUT2D eigenvalue weighted by Gasteiger charge is 2.35. The molecule has 196 valence electrons. The number of hydrogen-bond donors (Lipinski definition) is 0. The summed E-state index contributed by atoms with van der Waals surface area (Å²) in [7, 11) is -3.68. The number of rotatable bonds is 11. The highest BCUT2D eigenvalue weighted by atomic mass is 32.2. The summed E-state index contributed by atoms with van der Waals surface area (Å²) in [6.45, 7) is 6.00. The molecule has 3 aliphatic rings. The molecule has 1 aromatic heterocycles. The Kier molecular flexibility index (Phi) is 8.05. The molecule has 1 saturated carbocycles. The second kappa shape index (κ2) is 11.4. The molecule has 1 amide bonds. The number of amides is 1. The summed E-state index contributed by atoms with van der Waals surface area (Å²) in [5.74, 6) is 0.129. The van der Waals surface area contributed by atoms with Gasteiger partial charge < -0.3 is 18.9 Å². The van der Waals surface area contributed by atoms with Crippen molar-refractivity contribution < 1.29 is 22.7 Å². The van der Waals surface area contributed by atoms with Crippen LogP contribution in [0.1, 0.15) is 36.9 Å². The van der Waals surface area contributed by atoms with Crippen molar-refractivity contribution in [3.8, 4) is 0 Å². The number of benzene rings is 1. The lowest BCUT2D eigenvalue weighted by molar-refractivity contribution is -0.133. The van der Waals surface area contributed by atoms with E-state index in [-0.39, 0.29) is 28.8 Å². The first-order valence-electron chi connectivity index (χ1n) is 13.0. The molecule has 1 aliphatic carbocycles. The van der Waals surface area contributed by atoms with Crippen molar-refractivity contribution in [2.24, 2.45) is 5.92 Å². The van der Waals surface area contributed by atoms with E-state index in [1.807, 2.05) is 35.2 Å². The third kappa shape index (κ3) is 6.34. The fraction of sp³-hybridized carbons (Fsp3) is 0.615. The molecule has 2 aromatic rings. The monoisotopic (exact) mass is 516 g/mol. The van der Waals surface area contributed by atoms with Crippen LogP contribution in [0.3, 0.4) is 0 Å². The van der Waals surface area contributed by atoms with Gasteiger partial charge in [-0.15, -0.1) is 0 Å². The number of carbonyl (C=O) groups is 1. The van der Waals surface area contributed by atoms with Gasteiger partial charge in [0.2, 0.25) is 20.9 Å². The number of sulfone groups is 1. The predicted molar refractivity (Wildman–Crippen MR) is 134 cm³/mol. The Labute approximate surface area is 213 Å². The lowest BCUT2D eigenvalue weighted by Gasteiger charge is -2.30. The first-order chi connectivity index (χ1) is 17.5. The molecule has 0 radical (unpaired) electrons. The lowest BCUT2D eigenvalue weighted by Crippen LogP contribution is -2.43. The van der Waals surface area contributed by atoms with Crippen molar-refractivity contribution >= 4 is 15.7 Å². The van der Waals surface area contributed by atoms with Crippen molar-refractivity contribution in [1.29, 1.82) is 0 Å². The topological polar surface area (TPSA) is 94.0 Å². The van der Waals surface area contributed by atoms with Crippen molar-refractivity contribution in [3.63, 3.8) is 0 Å². The second-order valence-electron chi connectivity index (χ2n) is 10.0. The van der Waals surface area contributed by atoms with Gasteiger partial charge >= 0.3 is 0 Å². The Hall–Kier alpha value is -2.27. The largest absolute Gasteiger partial charge is 0.379 e. The van der Waals surface area contributed by atoms with Gasteiger partial charge in [-0.2, -0.15) is 0 Å². The summed E-state index contributed by atoms with van der Waals surface area (Å²) < 4.78 is 40.0. The molecule has 10 heteroatoms. The van der Waals surface area contributed by atoms with Crippen LogP contribution in [0, 0.1) is 5.92 Å². The van der Waals surface area contributed by atoms with Crippen LogP contribution in [-0.4, -0.2) is 85.8 Å². The van der Waals surface area contributed by atoms with Gasteiger partial charge in [0.1, 0.15) is 0 Å². The van der Waals surface area contributed by atoms with Gasteiger partial charge in [0.25, 0.3) is 0 Å². The Morgan fingerprint density at radius 2 is 1.86 bits per heavy atom. The summed E-state index contributed by atoms with van der Waals surface area (Å²) in [6.07, 6.45) is 5.29. The van der Waals surface area contributed by atoms with Gasteiger partial charge in [0.15, 0.2) is 0 Å². The fourth-order valence-electron chi connectivity index (χ4n) is 4.95. The van der Waals surface area contributed by atoms with Crippen LogP contribution in [0.4, 0.5) is 0 Å². The molecular weight excluding hydrogens is 480 g/mol. The second-order valence-corrected chi connectivity index (χ2v) is 11.9. The van der Waals surface area contributed by atoms with Crippen molar-refractivity contribution in [2.75, 3.05) is 46.0 Å². The molecule has 0 unspecified atom stereocenters. The smallest absolute Gasteiger partial charge is 0.228 e. The summed E-state index contributed by atoms with van der Waals surface area (Å²) in [6, 6.07) is 9.17. The first kappa shape index (κ1) is 25.4. The van der Waals surface area contributed by atoms with Gasteiger partial charge in [-0.25, -0.2) is 13.4 Å². The van der Waals surface area contributed by atoms with E-state index in [0.29, 0.717) is 39.5 Å². The molecule has 1 atom stereocenters. The summed E-state index contributed by atoms with van der Waals surface area (Å²) in [4.78, 5) is 21.8. The van der Waals surface area contributed by atoms with E-state index < -0.39 is 9.84 Å². The van der Waals surface area contributed by atoms with E-state index in [2.05, 4.69) is 9.88 Å². The molecule has 2 saturated heterocycles. The minimum absolute atomic E-state index is 0.0513. The molecule has 1 aromatic carbocycles. The number of imidazole rings is 1. The van der Waals surface area contributed by atoms with Crippen molar-refractivity contribution in [3.05, 3.63) is 47.8 Å². The Morgan fingerprint density at radius 3 is 2.56 bits per heavy atom. The van der Waals surface area contributed by atoms with Crippen LogP contribution >= 0.6 is 0 Å². The van der Waals surface area contributed by atoms with Crippen LogP contribution in [0.15, 0.2) is 41.7 Å². The highest BCUT2D eigenvalue weighted by molar-refractivity contribution is 7.90. The van der Waals surface area contributed by atoms with Gasteiger partial charge in [-0.3, -0.25) is 9.69 Å². The maximum Gasteiger partial charge on any atom is 0.228 e. The van der Waals surface area contributed by atoms with E-state index in [9.17, 15) is 13.2 Å². The summed E-state index contributed by atoms with van der Waals surface area (Å²) >= 11 is 0. The predicted octanol–water partition coefficient (Wildman–Crippen LogP) is 2.11. The molecule has 2 aliphatic heterocycles. The van der Waals surface area contributed by atoms with Crippen molar-refractivity contribution in [1.82, 2.24) is 19.4 Å². The molecule has 36 heavy (non-hydrogen) atoms. The van der Waals surface area contributed by atoms with E-state index >= 15 is 0 Å². The number of aromatic nitrogens is 2. The minimum atomic E-state index is -3.68. The average molecular weight is 517 g/mol. The van der Waals surface area contributed by atoms with Gasteiger partial charge in [0.05, 0.1) is 50.1 Å². The highest BCUT2D eigenvalue weighted by Crippen LogP contribution is 2.32. The molecule has 9 nitrogen and oxygen atoms in total. The molecule has 5 rings (SSSR count). The Balaban J connectivity index is 1.38. The van der Waals surface area contributed by atoms with Crippen LogP contribution in [0.2, 0.25) is 0 Å². The number of hydrogen-bond acceptors (Lipinski definition) is 7. The number of ether oxygens (including phenoxy) is 2. The molecule has 3 heterocycles. The summed E-state index contributed by atoms with van der Waals surface area (Å²) in [5.41, 5.74) is 1.47. The normalized spacial score (nSPS) is 21.1. The summed E-state index contributed by atoms with van der Waals surface area (Å²) in [5, 5.41) is 0.0591. The third-order valence-electron chi connectivity index (χ3n) is 7.17. The third-order valence-corrected chi connectivity index (χ3v) is 8.77. The maximum absolute atomic E-state index is 13.5. The standard InChI is InChI=1S/C26H36N4O5S/c31-25(22-8-9-22)29(11-10-28-12-15-34-16-13-28)18-23-17-27-26(30(23)19-24-7-4-14-35-24)36(32,33)20-21-5-2-1-3-6-21/h1-3,5-6,17,22,24H,4,7-16,18-20H2/t24-/m1/s1. The van der Waals surface area contributed by atoms with E-state index in [1.54, 1.807) is 10.8 Å². The van der Waals surface area contributed by atoms with Gasteiger partial charge in [-0.1, -0.05) is 30.3 Å². The number of nitrogens with zero attached hydrogens (tertiary/aromatic N) is 4. The minimum Gasteiger partial charge on any atom is -0.379 e. The van der Waals surface area contributed by atoms with E-state index in [4.69, 9.17) is 9.47 Å². The Bertz CT molecular complexity index is 1120. The average Bonchev–Trinajstić information content (AvgIpc) is 3.46. The fourth-order valence-corrected chi connectivity index (χ4v) is 6.45. The van der Waals surface area contributed by atoms with E-state index in [1.165, 1.54) is 0 Å². The van der Waals surface area contributed by atoms with E-state index in [0.717, 1.165) is 56.6 Å². The number of morpholine rings is 1. The lowest BCUT2D eigenvalue weighted by atomic mass is 10.2. The quantitative estimate of drug-likeness (QED) is 0.452. The van der Waals surface area contributed by atoms with Crippen LogP contribution in [0.5, 0.6) is 0 Å². The molecule has 0 N–H and O–H groups in total. The van der Waals surface area contributed by atoms with Crippen LogP contribution < -0.4 is 0 Å². The Morgan fingerprint density at radius 1 is 1.08 bits per heavy atom.